The van der Waals surface area contributed by atoms with Crippen LogP contribution < -0.4 is 5.32 Å². The first-order valence-electron chi connectivity index (χ1n) is 8.77. The summed E-state index contributed by atoms with van der Waals surface area (Å²) in [6.45, 7) is 6.49. The summed E-state index contributed by atoms with van der Waals surface area (Å²) in [5, 5.41) is 3.59. The molecule has 1 fully saturated rings. The highest BCUT2D eigenvalue weighted by molar-refractivity contribution is 7.99. The Labute approximate surface area is 157 Å². The lowest BCUT2D eigenvalue weighted by Gasteiger charge is -2.26. The molecule has 0 spiro atoms. The van der Waals surface area contributed by atoms with Gasteiger partial charge in [-0.15, -0.1) is 0 Å². The van der Waals surface area contributed by atoms with E-state index in [1.54, 1.807) is 0 Å². The molecule has 0 bridgehead atoms. The zero-order valence-corrected chi connectivity index (χ0v) is 15.9. The van der Waals surface area contributed by atoms with E-state index in [1.165, 1.54) is 11.8 Å². The molecular formula is C18H24N4O3S. The van der Waals surface area contributed by atoms with Gasteiger partial charge < -0.3 is 19.5 Å². The molecule has 0 aliphatic carbocycles. The number of nitrogens with zero attached hydrogens (tertiary/aromatic N) is 3. The van der Waals surface area contributed by atoms with Crippen molar-refractivity contribution in [2.45, 2.75) is 31.6 Å². The number of carbonyl (C=O) groups excluding carboxylic acids is 2. The van der Waals surface area contributed by atoms with E-state index in [0.29, 0.717) is 37.2 Å². The first kappa shape index (κ1) is 18.7. The van der Waals surface area contributed by atoms with Crippen molar-refractivity contribution in [2.75, 3.05) is 32.1 Å². The van der Waals surface area contributed by atoms with Gasteiger partial charge in [0.25, 0.3) is 0 Å². The fourth-order valence-corrected chi connectivity index (χ4v) is 3.77. The number of amides is 2. The number of thioether (sulfide) groups is 1. The highest BCUT2D eigenvalue weighted by Gasteiger charge is 2.20. The summed E-state index contributed by atoms with van der Waals surface area (Å²) in [6, 6.07) is 7.78. The third-order valence-electron chi connectivity index (χ3n) is 4.06. The van der Waals surface area contributed by atoms with Crippen LogP contribution in [-0.4, -0.2) is 64.4 Å². The van der Waals surface area contributed by atoms with Crippen molar-refractivity contribution >= 4 is 34.6 Å². The number of rotatable bonds is 6. The van der Waals surface area contributed by atoms with Gasteiger partial charge in [-0.25, -0.2) is 4.98 Å². The van der Waals surface area contributed by atoms with Crippen molar-refractivity contribution in [2.24, 2.45) is 0 Å². The van der Waals surface area contributed by atoms with Gasteiger partial charge in [0.2, 0.25) is 11.8 Å². The summed E-state index contributed by atoms with van der Waals surface area (Å²) in [6.07, 6.45) is 0. The predicted molar refractivity (Wildman–Crippen MR) is 101 cm³/mol. The monoisotopic (exact) mass is 376 g/mol. The van der Waals surface area contributed by atoms with Gasteiger partial charge in [-0.2, -0.15) is 0 Å². The fourth-order valence-electron chi connectivity index (χ4n) is 2.86. The van der Waals surface area contributed by atoms with E-state index >= 15 is 0 Å². The normalized spacial score (nSPS) is 14.8. The Bertz CT molecular complexity index is 784. The average Bonchev–Trinajstić information content (AvgIpc) is 2.97. The highest BCUT2D eigenvalue weighted by Crippen LogP contribution is 2.24. The average molecular weight is 376 g/mol. The number of hydrogen-bond acceptors (Lipinski definition) is 5. The van der Waals surface area contributed by atoms with E-state index in [1.807, 2.05) is 47.6 Å². The Hall–Kier alpha value is -2.06. The molecule has 3 rings (SSSR count). The third kappa shape index (κ3) is 4.56. The molecule has 2 heterocycles. The molecule has 0 radical (unpaired) electrons. The van der Waals surface area contributed by atoms with Gasteiger partial charge >= 0.3 is 0 Å². The zero-order valence-electron chi connectivity index (χ0n) is 15.1. The molecule has 2 amide bonds. The van der Waals surface area contributed by atoms with Gasteiger partial charge in [-0.1, -0.05) is 23.9 Å². The molecule has 0 atom stereocenters. The minimum Gasteiger partial charge on any atom is -0.378 e. The topological polar surface area (TPSA) is 76.5 Å². The molecule has 2 aromatic rings. The number of benzene rings is 1. The van der Waals surface area contributed by atoms with Gasteiger partial charge in [0.15, 0.2) is 5.16 Å². The number of nitrogens with one attached hydrogen (secondary N) is 1. The van der Waals surface area contributed by atoms with Crippen molar-refractivity contribution in [3.63, 3.8) is 0 Å². The number of fused-ring (bicyclic) bond motifs is 1. The lowest BCUT2D eigenvalue weighted by atomic mass is 10.3. The standard InChI is InChI=1S/C18H24N4O3S/c1-13(2)19-16(23)11-22-15-6-4-3-5-14(15)20-18(22)26-12-17(24)21-7-9-25-10-8-21/h3-6,13H,7-12H2,1-2H3,(H,19,23). The van der Waals surface area contributed by atoms with Crippen LogP contribution in [0.4, 0.5) is 0 Å². The van der Waals surface area contributed by atoms with Crippen LogP contribution in [0.2, 0.25) is 0 Å². The molecule has 1 saturated heterocycles. The van der Waals surface area contributed by atoms with Crippen molar-refractivity contribution < 1.29 is 14.3 Å². The lowest BCUT2D eigenvalue weighted by molar-refractivity contribution is -0.132. The van der Waals surface area contributed by atoms with Gasteiger partial charge in [-0.05, 0) is 26.0 Å². The zero-order chi connectivity index (χ0) is 18.5. The lowest BCUT2D eigenvalue weighted by Crippen LogP contribution is -2.41. The maximum absolute atomic E-state index is 12.4. The summed E-state index contributed by atoms with van der Waals surface area (Å²) < 4.78 is 7.16. The van der Waals surface area contributed by atoms with Crippen molar-refractivity contribution in [3.8, 4) is 0 Å². The van der Waals surface area contributed by atoms with Crippen LogP contribution in [0.1, 0.15) is 13.8 Å². The second kappa shape index (κ2) is 8.55. The SMILES string of the molecule is CC(C)NC(=O)Cn1c(SCC(=O)N2CCOCC2)nc2ccccc21. The van der Waals surface area contributed by atoms with Crippen molar-refractivity contribution in [3.05, 3.63) is 24.3 Å². The molecule has 1 aromatic heterocycles. The van der Waals surface area contributed by atoms with Crippen LogP contribution in [0.5, 0.6) is 0 Å². The number of ether oxygens (including phenoxy) is 1. The minimum absolute atomic E-state index is 0.0653. The first-order valence-corrected chi connectivity index (χ1v) is 9.76. The number of carbonyl (C=O) groups is 2. The van der Waals surface area contributed by atoms with E-state index in [9.17, 15) is 9.59 Å². The quantitative estimate of drug-likeness (QED) is 0.774. The smallest absolute Gasteiger partial charge is 0.240 e. The minimum atomic E-state index is -0.0653. The Balaban J connectivity index is 1.75. The largest absolute Gasteiger partial charge is 0.378 e. The molecule has 0 unspecified atom stereocenters. The van der Waals surface area contributed by atoms with Crippen LogP contribution in [0.3, 0.4) is 0 Å². The molecule has 140 valence electrons. The molecule has 7 nitrogen and oxygen atoms in total. The van der Waals surface area contributed by atoms with E-state index in [2.05, 4.69) is 10.3 Å². The molecular weight excluding hydrogens is 352 g/mol. The van der Waals surface area contributed by atoms with Crippen LogP contribution in [-0.2, 0) is 20.9 Å². The second-order valence-electron chi connectivity index (χ2n) is 6.47. The van der Waals surface area contributed by atoms with Gasteiger partial charge in [-0.3, -0.25) is 9.59 Å². The second-order valence-corrected chi connectivity index (χ2v) is 7.42. The van der Waals surface area contributed by atoms with Crippen molar-refractivity contribution in [1.29, 1.82) is 0 Å². The molecule has 1 aliphatic heterocycles. The molecule has 1 aliphatic rings. The number of imidazole rings is 1. The fraction of sp³-hybridized carbons (Fsp3) is 0.500. The maximum atomic E-state index is 12.4. The number of aromatic nitrogens is 2. The molecule has 0 saturated carbocycles. The van der Waals surface area contributed by atoms with Gasteiger partial charge in [0.05, 0.1) is 30.0 Å². The summed E-state index contributed by atoms with van der Waals surface area (Å²) in [4.78, 5) is 31.1. The number of hydrogen-bond donors (Lipinski definition) is 1. The van der Waals surface area contributed by atoms with Gasteiger partial charge in [0.1, 0.15) is 6.54 Å². The van der Waals surface area contributed by atoms with Crippen LogP contribution in [0, 0.1) is 0 Å². The van der Waals surface area contributed by atoms with E-state index < -0.39 is 0 Å². The van der Waals surface area contributed by atoms with Crippen molar-refractivity contribution in [1.82, 2.24) is 19.8 Å². The Kier molecular flexibility index (Phi) is 6.16. The number of morpholine rings is 1. The Morgan fingerprint density at radius 2 is 2.00 bits per heavy atom. The summed E-state index contributed by atoms with van der Waals surface area (Å²) in [5.74, 6) is 0.308. The van der Waals surface area contributed by atoms with Crippen LogP contribution >= 0.6 is 11.8 Å². The Morgan fingerprint density at radius 1 is 1.27 bits per heavy atom. The number of para-hydroxylation sites is 2. The molecule has 1 aromatic carbocycles. The highest BCUT2D eigenvalue weighted by atomic mass is 32.2. The molecule has 26 heavy (non-hydrogen) atoms. The van der Waals surface area contributed by atoms with Crippen LogP contribution in [0.25, 0.3) is 11.0 Å². The summed E-state index contributed by atoms with van der Waals surface area (Å²) in [5.41, 5.74) is 1.72. The molecule has 1 N–H and O–H groups in total. The van der Waals surface area contributed by atoms with E-state index in [0.717, 1.165) is 11.0 Å². The maximum Gasteiger partial charge on any atom is 0.240 e. The Morgan fingerprint density at radius 3 is 2.73 bits per heavy atom. The third-order valence-corrected chi connectivity index (χ3v) is 5.02. The van der Waals surface area contributed by atoms with E-state index in [4.69, 9.17) is 4.74 Å². The first-order chi connectivity index (χ1) is 12.5. The summed E-state index contributed by atoms with van der Waals surface area (Å²) in [7, 11) is 0. The summed E-state index contributed by atoms with van der Waals surface area (Å²) >= 11 is 1.38. The molecule has 8 heteroatoms. The van der Waals surface area contributed by atoms with Gasteiger partial charge in [0, 0.05) is 19.1 Å². The van der Waals surface area contributed by atoms with Crippen LogP contribution in [0.15, 0.2) is 29.4 Å². The van der Waals surface area contributed by atoms with E-state index in [-0.39, 0.29) is 24.4 Å². The predicted octanol–water partition coefficient (Wildman–Crippen LogP) is 1.51.